The lowest BCUT2D eigenvalue weighted by Gasteiger charge is -2.43. The number of rotatable bonds is 17. The first-order valence-corrected chi connectivity index (χ1v) is 23.7. The molecule has 4 rings (SSSR count). The number of hydrogen-bond acceptors (Lipinski definition) is 13. The number of guanidine groups is 1. The molecule has 71 heavy (non-hydrogen) atoms. The molecule has 2 bridgehead atoms. The number of ether oxygens (including phenoxy) is 1. The van der Waals surface area contributed by atoms with Crippen molar-refractivity contribution in [3.05, 3.63) is 65.7 Å². The van der Waals surface area contributed by atoms with Crippen molar-refractivity contribution < 1.29 is 63.2 Å². The van der Waals surface area contributed by atoms with E-state index in [4.69, 9.17) is 16.2 Å². The number of benzene rings is 2. The van der Waals surface area contributed by atoms with Crippen LogP contribution in [0.4, 0.5) is 0 Å². The highest BCUT2D eigenvalue weighted by atomic mass is 16.5. The molecule has 9 atom stereocenters. The van der Waals surface area contributed by atoms with Gasteiger partial charge in [-0.15, -0.1) is 0 Å². The number of aliphatic hydroxyl groups excluding tert-OH is 1. The van der Waals surface area contributed by atoms with Crippen molar-refractivity contribution in [1.29, 1.82) is 0 Å². The van der Waals surface area contributed by atoms with Crippen LogP contribution in [0.25, 0.3) is 0 Å². The van der Waals surface area contributed by atoms with Gasteiger partial charge in [-0.05, 0) is 74.6 Å². The first-order chi connectivity index (χ1) is 33.6. The number of aromatic hydroxyl groups is 1. The number of carbonyl (C=O) groups is 9. The van der Waals surface area contributed by atoms with Gasteiger partial charge in [-0.25, -0.2) is 4.79 Å². The number of phenolic OH excluding ortho intramolecular Hbond substituents is 1. The summed E-state index contributed by atoms with van der Waals surface area (Å²) in [5.74, 6) is -9.46. The number of aliphatic hydroxyl groups is 1. The molecule has 0 saturated carbocycles. The third kappa shape index (κ3) is 16.4. The van der Waals surface area contributed by atoms with Crippen molar-refractivity contribution >= 4 is 59.2 Å². The van der Waals surface area contributed by atoms with Gasteiger partial charge in [-0.1, -0.05) is 63.2 Å². The number of aliphatic carboxylic acids is 1. The first kappa shape index (κ1) is 56.3. The minimum absolute atomic E-state index is 0.00590. The number of fused-ring (bicyclic) bond motifs is 2. The molecule has 7 amide bonds. The lowest BCUT2D eigenvalue weighted by molar-refractivity contribution is -0.165. The number of carbonyl (C=O) groups excluding carboxylic acids is 8. The lowest BCUT2D eigenvalue weighted by Crippen LogP contribution is -2.65. The maximum absolute atomic E-state index is 15.0. The van der Waals surface area contributed by atoms with Crippen molar-refractivity contribution in [2.24, 2.45) is 22.4 Å². The van der Waals surface area contributed by atoms with Crippen LogP contribution < -0.4 is 38.1 Å². The third-order valence-electron chi connectivity index (χ3n) is 12.2. The molecule has 0 aliphatic carbocycles. The number of carboxylic acids is 1. The molecule has 23 heteroatoms. The lowest BCUT2D eigenvalue weighted by atomic mass is 9.95. The smallest absolute Gasteiger partial charge is 0.329 e. The molecule has 2 aromatic rings. The molecule has 23 nitrogen and oxygen atoms in total. The predicted octanol–water partition coefficient (Wildman–Crippen LogP) is -0.942. The molecule has 2 aliphatic rings. The van der Waals surface area contributed by atoms with E-state index in [1.54, 1.807) is 51.1 Å². The van der Waals surface area contributed by atoms with Crippen molar-refractivity contribution in [2.75, 3.05) is 13.6 Å². The molecule has 388 valence electrons. The molecule has 2 aliphatic heterocycles. The molecule has 12 N–H and O–H groups in total. The number of aliphatic imine (C=N–C) groups is 1. The Morgan fingerprint density at radius 1 is 0.859 bits per heavy atom. The highest BCUT2D eigenvalue weighted by Gasteiger charge is 2.46. The quantitative estimate of drug-likeness (QED) is 0.0396. The average Bonchev–Trinajstić information content (AvgIpc) is 3.31. The van der Waals surface area contributed by atoms with Gasteiger partial charge in [0, 0.05) is 39.3 Å². The number of piperidine rings is 1. The molecule has 2 aromatic carbocycles. The van der Waals surface area contributed by atoms with Gasteiger partial charge in [0.05, 0.1) is 0 Å². The zero-order chi connectivity index (χ0) is 52.5. The highest BCUT2D eigenvalue weighted by Crippen LogP contribution is 2.26. The Balaban J connectivity index is 1.89. The zero-order valence-electron chi connectivity index (χ0n) is 40.7. The van der Waals surface area contributed by atoms with Crippen LogP contribution in [0.2, 0.25) is 0 Å². The van der Waals surface area contributed by atoms with Crippen molar-refractivity contribution in [3.8, 4) is 5.75 Å². The second kappa shape index (κ2) is 26.6. The van der Waals surface area contributed by atoms with Crippen LogP contribution >= 0.6 is 0 Å². The summed E-state index contributed by atoms with van der Waals surface area (Å²) in [4.78, 5) is 132. The molecular formula is C48H68N10O13. The SMILES string of the molecule is CCCC(=O)NC(CCC(=O)O)C(=O)NC1C(=O)NC(CCCN=C(N)N)C(=O)NC2CCC(O)N(C2=O)C(Cc2ccccc2)C(=O)N(C)C(Cc2ccc(O)cc2)C(=O)NC(C(C)C)C(=O)OC1C. The predicted molar refractivity (Wildman–Crippen MR) is 256 cm³/mol. The summed E-state index contributed by atoms with van der Waals surface area (Å²) < 4.78 is 5.84. The summed E-state index contributed by atoms with van der Waals surface area (Å²) in [6.07, 6.45) is -4.31. The summed E-state index contributed by atoms with van der Waals surface area (Å²) in [5.41, 5.74) is 12.1. The van der Waals surface area contributed by atoms with Crippen molar-refractivity contribution in [2.45, 2.75) is 147 Å². The summed E-state index contributed by atoms with van der Waals surface area (Å²) >= 11 is 0. The zero-order valence-corrected chi connectivity index (χ0v) is 40.7. The number of cyclic esters (lactones) is 1. The summed E-state index contributed by atoms with van der Waals surface area (Å²) in [7, 11) is 1.34. The van der Waals surface area contributed by atoms with Gasteiger partial charge < -0.3 is 67.9 Å². The maximum Gasteiger partial charge on any atom is 0.329 e. The van der Waals surface area contributed by atoms with Gasteiger partial charge in [0.1, 0.15) is 60.4 Å². The van der Waals surface area contributed by atoms with Crippen LogP contribution in [-0.2, 0) is 60.7 Å². The Morgan fingerprint density at radius 3 is 2.13 bits per heavy atom. The second-order valence-electron chi connectivity index (χ2n) is 18.1. The fourth-order valence-corrected chi connectivity index (χ4v) is 8.25. The van der Waals surface area contributed by atoms with E-state index in [1.165, 1.54) is 38.2 Å². The Morgan fingerprint density at radius 2 is 1.51 bits per heavy atom. The van der Waals surface area contributed by atoms with Crippen molar-refractivity contribution in [3.63, 3.8) is 0 Å². The number of hydrogen-bond donors (Lipinski definition) is 10. The van der Waals surface area contributed by atoms with E-state index in [9.17, 15) is 53.7 Å². The molecule has 2 heterocycles. The van der Waals surface area contributed by atoms with E-state index in [-0.39, 0.29) is 63.2 Å². The van der Waals surface area contributed by atoms with Gasteiger partial charge in [0.25, 0.3) is 0 Å². The maximum atomic E-state index is 15.0. The summed E-state index contributed by atoms with van der Waals surface area (Å²) in [6, 6.07) is 3.96. The second-order valence-corrected chi connectivity index (χ2v) is 18.1. The molecule has 2 fully saturated rings. The average molecular weight is 993 g/mol. The Bertz CT molecular complexity index is 2240. The first-order valence-electron chi connectivity index (χ1n) is 23.7. The van der Waals surface area contributed by atoms with E-state index in [0.717, 1.165) is 9.80 Å². The number of nitrogens with one attached hydrogen (secondary N) is 5. The van der Waals surface area contributed by atoms with Gasteiger partial charge in [-0.2, -0.15) is 0 Å². The van der Waals surface area contributed by atoms with Crippen molar-refractivity contribution in [1.82, 2.24) is 36.4 Å². The molecule has 2 saturated heterocycles. The summed E-state index contributed by atoms with van der Waals surface area (Å²) in [6.45, 7) is 6.15. The Kier molecular flexibility index (Phi) is 21.1. The molecule has 0 radical (unpaired) electrons. The minimum Gasteiger partial charge on any atom is -0.508 e. The number of nitrogens with zero attached hydrogens (tertiary/aromatic N) is 3. The third-order valence-corrected chi connectivity index (χ3v) is 12.2. The fraction of sp³-hybridized carbons (Fsp3) is 0.542. The molecule has 0 aromatic heterocycles. The van der Waals surface area contributed by atoms with Crippen LogP contribution in [0.3, 0.4) is 0 Å². The number of amides is 7. The fourth-order valence-electron chi connectivity index (χ4n) is 8.25. The normalized spacial score (nSPS) is 24.2. The van der Waals surface area contributed by atoms with Gasteiger partial charge in [-0.3, -0.25) is 43.3 Å². The van der Waals surface area contributed by atoms with Crippen LogP contribution in [-0.4, -0.2) is 153 Å². The van der Waals surface area contributed by atoms with Crippen LogP contribution in [0.15, 0.2) is 59.6 Å². The van der Waals surface area contributed by atoms with Gasteiger partial charge >= 0.3 is 11.9 Å². The minimum atomic E-state index is -1.84. The van der Waals surface area contributed by atoms with Gasteiger partial charge in [0.2, 0.25) is 41.4 Å². The number of esters is 1. The standard InChI is InChI=1S/C48H68N10O13/c1-6-11-36(60)52-32(20-22-38(62)63)42(65)56-40-27(4)71-47(70)39(26(2)3)55-43(66)34(24-29-15-17-30(59)18-16-29)57(5)46(69)35(25-28-12-8-7-9-13-28)58-37(61)21-19-33(45(58)68)54-41(64)31(53-44(40)67)14-10-23-51-48(49)50/h7-9,12-13,15-18,26-27,31-35,37,39-40,59,61H,6,10-11,14,19-25H2,1-5H3,(H,52,60)(H,53,67)(H,54,64)(H,55,66)(H,56,65)(H,62,63)(H4,49,50,51). The molecule has 0 spiro atoms. The van der Waals surface area contributed by atoms with Crippen LogP contribution in [0, 0.1) is 5.92 Å². The Labute approximate surface area is 411 Å². The van der Waals surface area contributed by atoms with E-state index in [0.29, 0.717) is 17.5 Å². The number of carboxylic acid groups (broad SMARTS) is 1. The van der Waals surface area contributed by atoms with E-state index in [2.05, 4.69) is 31.6 Å². The van der Waals surface area contributed by atoms with E-state index < -0.39 is 127 Å². The number of likely N-dealkylation sites (N-methyl/N-ethyl adjacent to an activating group) is 1. The molecule has 9 unspecified atom stereocenters. The van der Waals surface area contributed by atoms with E-state index in [1.807, 2.05) is 0 Å². The highest BCUT2D eigenvalue weighted by molar-refractivity contribution is 5.98. The van der Waals surface area contributed by atoms with Gasteiger partial charge in [0.15, 0.2) is 5.96 Å². The number of phenols is 1. The number of nitrogens with two attached hydrogens (primary N) is 2. The molecular weight excluding hydrogens is 925 g/mol. The Hall–Kier alpha value is -7.30. The monoisotopic (exact) mass is 992 g/mol. The topological polar surface area (TPSA) is 355 Å². The summed E-state index contributed by atoms with van der Waals surface area (Å²) in [5, 5.41) is 43.9. The van der Waals surface area contributed by atoms with E-state index >= 15 is 4.79 Å². The van der Waals surface area contributed by atoms with Crippen LogP contribution in [0.1, 0.15) is 90.2 Å². The van der Waals surface area contributed by atoms with Crippen LogP contribution in [0.5, 0.6) is 5.75 Å². The largest absolute Gasteiger partial charge is 0.508 e.